The first-order chi connectivity index (χ1) is 8.90. The molecule has 1 N–H and O–H groups in total. The zero-order chi connectivity index (χ0) is 13.7. The topological polar surface area (TPSA) is 29.5 Å². The van der Waals surface area contributed by atoms with E-state index in [4.69, 9.17) is 4.74 Å². The van der Waals surface area contributed by atoms with Gasteiger partial charge >= 0.3 is 0 Å². The van der Waals surface area contributed by atoms with E-state index >= 15 is 0 Å². The molecule has 0 saturated heterocycles. The summed E-state index contributed by atoms with van der Waals surface area (Å²) in [6.45, 7) is 7.52. The summed E-state index contributed by atoms with van der Waals surface area (Å²) >= 11 is 0. The molecule has 104 valence electrons. The molecule has 1 heterocycles. The van der Waals surface area contributed by atoms with Gasteiger partial charge in [0.25, 0.3) is 0 Å². The first-order valence-electron chi connectivity index (χ1n) is 7.37. The second-order valence-corrected chi connectivity index (χ2v) is 7.28. The van der Waals surface area contributed by atoms with Crippen LogP contribution in [0.5, 0.6) is 5.75 Å². The molecule has 2 atom stereocenters. The van der Waals surface area contributed by atoms with Gasteiger partial charge < -0.3 is 9.84 Å². The zero-order valence-electron chi connectivity index (χ0n) is 12.2. The molecular formula is C17H24O2. The van der Waals surface area contributed by atoms with Gasteiger partial charge in [-0.2, -0.15) is 0 Å². The van der Waals surface area contributed by atoms with Gasteiger partial charge in [0, 0.05) is 12.0 Å². The van der Waals surface area contributed by atoms with Gasteiger partial charge in [0.1, 0.15) is 5.75 Å². The Morgan fingerprint density at radius 2 is 2.05 bits per heavy atom. The Balaban J connectivity index is 2.03. The van der Waals surface area contributed by atoms with Crippen LogP contribution in [0.1, 0.15) is 51.2 Å². The van der Waals surface area contributed by atoms with Crippen molar-refractivity contribution in [1.29, 1.82) is 0 Å². The maximum absolute atomic E-state index is 11.2. The van der Waals surface area contributed by atoms with Crippen LogP contribution in [0.15, 0.2) is 18.2 Å². The molecule has 0 bridgehead atoms. The summed E-state index contributed by atoms with van der Waals surface area (Å²) in [5.41, 5.74) is 1.73. The molecule has 1 aromatic carbocycles. The molecule has 0 amide bonds. The zero-order valence-corrected chi connectivity index (χ0v) is 12.2. The second kappa shape index (κ2) is 4.24. The Hall–Kier alpha value is -1.02. The Bertz CT molecular complexity index is 492. The molecule has 1 aliphatic heterocycles. The SMILES string of the molecule is CC1CC(C)(C)CC(O)(c2cccc3c2OCC3)C1. The smallest absolute Gasteiger partial charge is 0.128 e. The summed E-state index contributed by atoms with van der Waals surface area (Å²) in [6, 6.07) is 6.23. The molecule has 0 aromatic heterocycles. The monoisotopic (exact) mass is 260 g/mol. The largest absolute Gasteiger partial charge is 0.493 e. The van der Waals surface area contributed by atoms with Crippen molar-refractivity contribution in [2.45, 2.75) is 52.1 Å². The van der Waals surface area contributed by atoms with E-state index in [0.717, 1.165) is 37.2 Å². The van der Waals surface area contributed by atoms with E-state index in [2.05, 4.69) is 39.0 Å². The summed E-state index contributed by atoms with van der Waals surface area (Å²) < 4.78 is 5.79. The normalized spacial score (nSPS) is 32.7. The fourth-order valence-corrected chi connectivity index (χ4v) is 4.31. The minimum Gasteiger partial charge on any atom is -0.493 e. The van der Waals surface area contributed by atoms with Crippen LogP contribution in [0.2, 0.25) is 0 Å². The molecule has 3 rings (SSSR count). The first kappa shape index (κ1) is 13.0. The Labute approximate surface area is 115 Å². The van der Waals surface area contributed by atoms with E-state index in [9.17, 15) is 5.11 Å². The van der Waals surface area contributed by atoms with Crippen LogP contribution >= 0.6 is 0 Å². The third kappa shape index (κ3) is 2.27. The van der Waals surface area contributed by atoms with Gasteiger partial charge in [0.05, 0.1) is 12.2 Å². The number of aliphatic hydroxyl groups is 1. The lowest BCUT2D eigenvalue weighted by Crippen LogP contribution is -2.40. The van der Waals surface area contributed by atoms with E-state index in [1.165, 1.54) is 12.0 Å². The lowest BCUT2D eigenvalue weighted by molar-refractivity contribution is -0.0647. The highest BCUT2D eigenvalue weighted by Crippen LogP contribution is 2.51. The van der Waals surface area contributed by atoms with E-state index in [1.54, 1.807) is 0 Å². The molecule has 2 heteroatoms. The van der Waals surface area contributed by atoms with Gasteiger partial charge in [-0.05, 0) is 36.2 Å². The minimum absolute atomic E-state index is 0.188. The van der Waals surface area contributed by atoms with E-state index in [0.29, 0.717) is 5.92 Å². The number of fused-ring (bicyclic) bond motifs is 1. The summed E-state index contributed by atoms with van der Waals surface area (Å²) in [5.74, 6) is 1.50. The molecule has 2 unspecified atom stereocenters. The number of benzene rings is 1. The Morgan fingerprint density at radius 1 is 1.26 bits per heavy atom. The van der Waals surface area contributed by atoms with Gasteiger partial charge in [-0.15, -0.1) is 0 Å². The van der Waals surface area contributed by atoms with Gasteiger partial charge in [-0.1, -0.05) is 39.0 Å². The summed E-state index contributed by atoms with van der Waals surface area (Å²) in [4.78, 5) is 0. The van der Waals surface area contributed by atoms with Crippen LogP contribution in [0.3, 0.4) is 0 Å². The molecule has 1 fully saturated rings. The minimum atomic E-state index is -0.725. The molecular weight excluding hydrogens is 236 g/mol. The quantitative estimate of drug-likeness (QED) is 0.835. The van der Waals surface area contributed by atoms with Crippen LogP contribution in [0.25, 0.3) is 0 Å². The molecule has 2 aliphatic rings. The van der Waals surface area contributed by atoms with Crippen molar-refractivity contribution < 1.29 is 9.84 Å². The average Bonchev–Trinajstić information content (AvgIpc) is 2.72. The molecule has 0 radical (unpaired) electrons. The van der Waals surface area contributed by atoms with Crippen molar-refractivity contribution in [3.05, 3.63) is 29.3 Å². The Morgan fingerprint density at radius 3 is 2.79 bits per heavy atom. The predicted octanol–water partition coefficient (Wildman–Crippen LogP) is 3.66. The maximum atomic E-state index is 11.2. The molecule has 1 aromatic rings. The van der Waals surface area contributed by atoms with Crippen molar-refractivity contribution in [3.63, 3.8) is 0 Å². The van der Waals surface area contributed by atoms with Crippen LogP contribution in [0, 0.1) is 11.3 Å². The van der Waals surface area contributed by atoms with Gasteiger partial charge in [0.15, 0.2) is 0 Å². The van der Waals surface area contributed by atoms with Crippen molar-refractivity contribution in [2.75, 3.05) is 6.61 Å². The van der Waals surface area contributed by atoms with Crippen LogP contribution in [-0.4, -0.2) is 11.7 Å². The summed E-state index contributed by atoms with van der Waals surface area (Å²) in [5, 5.41) is 11.2. The van der Waals surface area contributed by atoms with Crippen molar-refractivity contribution in [1.82, 2.24) is 0 Å². The van der Waals surface area contributed by atoms with Crippen molar-refractivity contribution >= 4 is 0 Å². The predicted molar refractivity (Wildman–Crippen MR) is 76.3 cm³/mol. The fourth-order valence-electron chi connectivity index (χ4n) is 4.31. The highest BCUT2D eigenvalue weighted by atomic mass is 16.5. The number of rotatable bonds is 1. The van der Waals surface area contributed by atoms with E-state index in [1.807, 2.05) is 0 Å². The van der Waals surface area contributed by atoms with Gasteiger partial charge in [0.2, 0.25) is 0 Å². The van der Waals surface area contributed by atoms with Crippen molar-refractivity contribution in [3.8, 4) is 5.75 Å². The lowest BCUT2D eigenvalue weighted by atomic mass is 9.63. The van der Waals surface area contributed by atoms with Gasteiger partial charge in [-0.3, -0.25) is 0 Å². The van der Waals surface area contributed by atoms with E-state index < -0.39 is 5.60 Å². The second-order valence-electron chi connectivity index (χ2n) is 7.28. The highest BCUT2D eigenvalue weighted by molar-refractivity contribution is 5.47. The first-order valence-corrected chi connectivity index (χ1v) is 7.37. The number of hydrogen-bond donors (Lipinski definition) is 1. The highest BCUT2D eigenvalue weighted by Gasteiger charge is 2.44. The van der Waals surface area contributed by atoms with Gasteiger partial charge in [-0.25, -0.2) is 0 Å². The molecule has 1 aliphatic carbocycles. The standard InChI is InChI=1S/C17H24O2/c1-12-9-16(2,3)11-17(18,10-12)14-6-4-5-13-7-8-19-15(13)14/h4-6,12,18H,7-11H2,1-3H3. The molecule has 19 heavy (non-hydrogen) atoms. The molecule has 2 nitrogen and oxygen atoms in total. The third-order valence-electron chi connectivity index (χ3n) is 4.57. The fraction of sp³-hybridized carbons (Fsp3) is 0.647. The third-order valence-corrected chi connectivity index (χ3v) is 4.57. The maximum Gasteiger partial charge on any atom is 0.128 e. The van der Waals surface area contributed by atoms with E-state index in [-0.39, 0.29) is 5.41 Å². The lowest BCUT2D eigenvalue weighted by Gasteiger charge is -2.45. The summed E-state index contributed by atoms with van der Waals surface area (Å²) in [6.07, 6.45) is 3.82. The van der Waals surface area contributed by atoms with Crippen molar-refractivity contribution in [2.24, 2.45) is 11.3 Å². The average molecular weight is 260 g/mol. The van der Waals surface area contributed by atoms with Crippen LogP contribution in [-0.2, 0) is 12.0 Å². The Kier molecular flexibility index (Phi) is 2.90. The summed E-state index contributed by atoms with van der Waals surface area (Å²) in [7, 11) is 0. The van der Waals surface area contributed by atoms with Crippen LogP contribution < -0.4 is 4.74 Å². The number of para-hydroxylation sites is 1. The number of ether oxygens (including phenoxy) is 1. The molecule has 1 saturated carbocycles. The number of hydrogen-bond acceptors (Lipinski definition) is 2. The molecule has 0 spiro atoms. The van der Waals surface area contributed by atoms with Crippen LogP contribution in [0.4, 0.5) is 0 Å².